The summed E-state index contributed by atoms with van der Waals surface area (Å²) in [6.07, 6.45) is 0. The quantitative estimate of drug-likeness (QED) is 0.340. The first-order chi connectivity index (χ1) is 2.41. The average molecular weight is 202 g/mol. The van der Waals surface area contributed by atoms with E-state index in [1.807, 2.05) is 0 Å². The molecule has 3 heteroatoms. The van der Waals surface area contributed by atoms with Gasteiger partial charge < -0.3 is 4.43 Å². The smallest absolute Gasteiger partial charge is 0.145 e. The van der Waals surface area contributed by atoms with Gasteiger partial charge in [0.2, 0.25) is 0 Å². The van der Waals surface area contributed by atoms with E-state index < -0.39 is 0 Å². The summed E-state index contributed by atoms with van der Waals surface area (Å²) in [5.74, 6) is 0. The molecular formula is C2H7IOSi. The molecule has 0 aliphatic heterocycles. The van der Waals surface area contributed by atoms with Crippen LogP contribution in [0.5, 0.6) is 0 Å². The minimum Gasteiger partial charge on any atom is -0.427 e. The van der Waals surface area contributed by atoms with Crippen molar-refractivity contribution in [3.8, 4) is 0 Å². The molecule has 0 heterocycles. The molecule has 0 spiro atoms. The van der Waals surface area contributed by atoms with Crippen molar-refractivity contribution < 1.29 is 4.43 Å². The zero-order valence-electron chi connectivity index (χ0n) is 3.20. The summed E-state index contributed by atoms with van der Waals surface area (Å²) in [5, 5.41) is 0. The highest BCUT2D eigenvalue weighted by Gasteiger charge is 1.67. The maximum Gasteiger partial charge on any atom is 0.145 e. The van der Waals surface area contributed by atoms with Crippen LogP contribution in [0.2, 0.25) is 0 Å². The van der Waals surface area contributed by atoms with Crippen molar-refractivity contribution in [2.75, 3.05) is 11.0 Å². The molecule has 0 bridgehead atoms. The van der Waals surface area contributed by atoms with Gasteiger partial charge in [0, 0.05) is 11.0 Å². The first-order valence-corrected chi connectivity index (χ1v) is 3.81. The predicted octanol–water partition coefficient (Wildman–Crippen LogP) is -0.282. The number of hydrogen-bond donors (Lipinski definition) is 0. The third-order valence-electron chi connectivity index (χ3n) is 0.281. The van der Waals surface area contributed by atoms with Gasteiger partial charge in [-0.15, -0.1) is 0 Å². The fraction of sp³-hybridized carbons (Fsp3) is 1.00. The van der Waals surface area contributed by atoms with Crippen molar-refractivity contribution in [1.82, 2.24) is 0 Å². The van der Waals surface area contributed by atoms with Crippen LogP contribution in [0.1, 0.15) is 0 Å². The van der Waals surface area contributed by atoms with Crippen molar-refractivity contribution in [2.45, 2.75) is 0 Å². The first kappa shape index (κ1) is 5.91. The van der Waals surface area contributed by atoms with E-state index in [1.165, 1.54) is 0 Å². The second kappa shape index (κ2) is 4.91. The summed E-state index contributed by atoms with van der Waals surface area (Å²) in [4.78, 5) is 0. The van der Waals surface area contributed by atoms with Crippen molar-refractivity contribution in [2.24, 2.45) is 0 Å². The van der Waals surface area contributed by atoms with Crippen LogP contribution < -0.4 is 0 Å². The van der Waals surface area contributed by atoms with Crippen LogP contribution in [0.4, 0.5) is 0 Å². The molecular weight excluding hydrogens is 195 g/mol. The second-order valence-corrected chi connectivity index (χ2v) is 2.34. The Labute approximate surface area is 48.8 Å². The molecule has 0 aromatic heterocycles. The van der Waals surface area contributed by atoms with E-state index in [0.717, 1.165) is 21.5 Å². The Morgan fingerprint density at radius 2 is 2.40 bits per heavy atom. The lowest BCUT2D eigenvalue weighted by atomic mass is 10.9. The van der Waals surface area contributed by atoms with E-state index in [1.54, 1.807) is 0 Å². The molecule has 0 aromatic carbocycles. The molecule has 0 amide bonds. The predicted molar refractivity (Wildman–Crippen MR) is 34.8 cm³/mol. The molecule has 0 saturated heterocycles. The number of alkyl halides is 1. The highest BCUT2D eigenvalue weighted by molar-refractivity contribution is 14.1. The zero-order valence-corrected chi connectivity index (χ0v) is 7.36. The molecule has 0 atom stereocenters. The fourth-order valence-electron chi connectivity index (χ4n) is 0.0772. The Morgan fingerprint density at radius 3 is 2.40 bits per heavy atom. The summed E-state index contributed by atoms with van der Waals surface area (Å²) in [7, 11) is 0.894. The van der Waals surface area contributed by atoms with Gasteiger partial charge in [0.25, 0.3) is 0 Å². The summed E-state index contributed by atoms with van der Waals surface area (Å²) in [6, 6.07) is 0. The lowest BCUT2D eigenvalue weighted by Crippen LogP contribution is -1.86. The van der Waals surface area contributed by atoms with Gasteiger partial charge >= 0.3 is 0 Å². The van der Waals surface area contributed by atoms with E-state index in [2.05, 4.69) is 22.6 Å². The standard InChI is InChI=1S/C2H7IOSi/c3-1-2-4-5/h1-2H2,5H3. The van der Waals surface area contributed by atoms with Gasteiger partial charge in [0.15, 0.2) is 0 Å². The Bertz CT molecular complexity index is 17.1. The van der Waals surface area contributed by atoms with Gasteiger partial charge in [-0.05, 0) is 0 Å². The van der Waals surface area contributed by atoms with Crippen LogP contribution in [0.3, 0.4) is 0 Å². The third-order valence-corrected chi connectivity index (χ3v) is 1.13. The molecule has 0 radical (unpaired) electrons. The minimum absolute atomic E-state index is 0.894. The molecule has 0 saturated carbocycles. The largest absolute Gasteiger partial charge is 0.427 e. The summed E-state index contributed by atoms with van der Waals surface area (Å²) in [5.41, 5.74) is 0. The Morgan fingerprint density at radius 1 is 1.80 bits per heavy atom. The van der Waals surface area contributed by atoms with Gasteiger partial charge in [-0.25, -0.2) is 0 Å². The van der Waals surface area contributed by atoms with Gasteiger partial charge in [-0.1, -0.05) is 22.6 Å². The van der Waals surface area contributed by atoms with Crippen LogP contribution in [0, 0.1) is 0 Å². The molecule has 0 N–H and O–H groups in total. The van der Waals surface area contributed by atoms with Crippen molar-refractivity contribution in [3.63, 3.8) is 0 Å². The highest BCUT2D eigenvalue weighted by atomic mass is 127. The molecule has 0 unspecified atom stereocenters. The van der Waals surface area contributed by atoms with Gasteiger partial charge in [-0.2, -0.15) is 0 Å². The van der Waals surface area contributed by atoms with Crippen LogP contribution in [-0.4, -0.2) is 21.5 Å². The lowest BCUT2D eigenvalue weighted by Gasteiger charge is -1.84. The third kappa shape index (κ3) is 4.91. The van der Waals surface area contributed by atoms with Crippen molar-refractivity contribution in [3.05, 3.63) is 0 Å². The SMILES string of the molecule is [SiH3]OCCI. The molecule has 0 aromatic rings. The van der Waals surface area contributed by atoms with Crippen molar-refractivity contribution >= 4 is 33.1 Å². The maximum absolute atomic E-state index is 4.82. The van der Waals surface area contributed by atoms with E-state index in [4.69, 9.17) is 4.43 Å². The van der Waals surface area contributed by atoms with Crippen LogP contribution in [-0.2, 0) is 4.43 Å². The number of rotatable bonds is 2. The Balaban J connectivity index is 2.19. The average Bonchev–Trinajstić information content (AvgIpc) is 1.41. The topological polar surface area (TPSA) is 9.23 Å². The normalized spacial score (nSPS) is 9.00. The van der Waals surface area contributed by atoms with E-state index in [9.17, 15) is 0 Å². The van der Waals surface area contributed by atoms with Gasteiger partial charge in [0.05, 0.1) is 0 Å². The van der Waals surface area contributed by atoms with Gasteiger partial charge in [0.1, 0.15) is 10.5 Å². The van der Waals surface area contributed by atoms with E-state index in [0.29, 0.717) is 0 Å². The zero-order chi connectivity index (χ0) is 4.12. The second-order valence-electron chi connectivity index (χ2n) is 0.682. The maximum atomic E-state index is 4.82. The van der Waals surface area contributed by atoms with Crippen LogP contribution in [0.25, 0.3) is 0 Å². The fourth-order valence-corrected chi connectivity index (χ4v) is 1.55. The molecule has 1 nitrogen and oxygen atoms in total. The Hall–Kier alpha value is 0.907. The summed E-state index contributed by atoms with van der Waals surface area (Å²) >= 11 is 2.28. The summed E-state index contributed by atoms with van der Waals surface area (Å²) in [6.45, 7) is 0.937. The first-order valence-electron chi connectivity index (χ1n) is 1.46. The molecule has 0 rings (SSSR count). The molecule has 0 aliphatic carbocycles. The number of hydrogen-bond acceptors (Lipinski definition) is 1. The van der Waals surface area contributed by atoms with E-state index >= 15 is 0 Å². The minimum atomic E-state index is 0.894. The van der Waals surface area contributed by atoms with Crippen LogP contribution in [0.15, 0.2) is 0 Å². The van der Waals surface area contributed by atoms with E-state index in [-0.39, 0.29) is 0 Å². The summed E-state index contributed by atoms with van der Waals surface area (Å²) < 4.78 is 5.95. The van der Waals surface area contributed by atoms with Crippen LogP contribution >= 0.6 is 22.6 Å². The molecule has 5 heavy (non-hydrogen) atoms. The van der Waals surface area contributed by atoms with Crippen molar-refractivity contribution in [1.29, 1.82) is 0 Å². The highest BCUT2D eigenvalue weighted by Crippen LogP contribution is 1.76. The Kier molecular flexibility index (Phi) is 5.80. The molecule has 0 fully saturated rings. The molecule has 32 valence electrons. The lowest BCUT2D eigenvalue weighted by molar-refractivity contribution is 0.383. The number of halogens is 1. The molecule has 0 aliphatic rings. The van der Waals surface area contributed by atoms with Gasteiger partial charge in [-0.3, -0.25) is 0 Å². The monoisotopic (exact) mass is 202 g/mol.